The Morgan fingerprint density at radius 3 is 1.03 bits per heavy atom. The summed E-state index contributed by atoms with van der Waals surface area (Å²) in [6.07, 6.45) is 4.65. The van der Waals surface area contributed by atoms with Gasteiger partial charge in [0, 0.05) is 171 Å². The van der Waals surface area contributed by atoms with Gasteiger partial charge in [0.1, 0.15) is 59.1 Å². The number of fused-ring (bicyclic) bond motifs is 9. The van der Waals surface area contributed by atoms with E-state index in [9.17, 15) is 45.5 Å². The molecule has 7 amide bonds. The molecule has 0 fully saturated rings. The van der Waals surface area contributed by atoms with E-state index in [0.29, 0.717) is 80.4 Å². The number of hydrogen-bond acceptors (Lipinski definition) is 17. The van der Waals surface area contributed by atoms with Crippen molar-refractivity contribution in [2.24, 2.45) is 0 Å². The Kier molecular flexibility index (Phi) is 32.0. The van der Waals surface area contributed by atoms with Crippen molar-refractivity contribution in [2.75, 3.05) is 120 Å². The van der Waals surface area contributed by atoms with Gasteiger partial charge in [0.25, 0.3) is 0 Å². The van der Waals surface area contributed by atoms with Crippen LogP contribution >= 0.6 is 0 Å². The maximum absolute atomic E-state index is 12.5. The Labute approximate surface area is 833 Å². The fourth-order valence-electron chi connectivity index (χ4n) is 19.8. The summed E-state index contributed by atoms with van der Waals surface area (Å²) < 4.78 is 48.0. The van der Waals surface area contributed by atoms with Crippen LogP contribution in [0.15, 0.2) is 188 Å². The molecule has 29 heteroatoms. The lowest BCUT2D eigenvalue weighted by Crippen LogP contribution is -2.42. The number of rotatable bonds is 24. The molecule has 5 aromatic heterocycles. The standard InChI is InChI=1S/2C24H26N4O2.C23H24N4O2.C23H25N3O4.C20H19N3O/c1-5-27-22-13-18(30-4)7-8-19(22)20(14-25)23(27)17-6-9-21-16(12-17)10-11-28(21)24(29)26-15(2)3;1-4-11-26-24(29)28-12-10-16-13-17(6-9-21(16)28)23-20(15-25)19-8-7-18(30-3)14-22(19)27(23)5-2;1-4-25-23(28)27-11-10-15-12-16(6-9-20(15)27)22-19(14-24)18-8-7-17(29-3)13-21(18)26(22)5-2;1-4-12-30-23(27)25-17-7-5-16(6-8-17)22-20(15-24)19-10-9-18(29-3)14-21(19)26(22)11-13-28-2;1-3-23-19-11-15(24-2)5-6-16(19)17(12-21)20(23)14-4-7-18-13(10-14)8-9-22-18/h6-9,12-13,15H,5,10-11H2,1-4H3,(H,26,29);6-9,13-14H,4-5,10-12H2,1-3H3,(H,26,29);6-9,12-13H,4-5,10-11H2,1-3H3,(H,25,28);5-10,14H,4,11-13H2,1-3H3,(H,25,27);4-7,10-11,22H,3,8-9H2,1-2H3. The van der Waals surface area contributed by atoms with E-state index in [0.717, 1.165) is 250 Å². The highest BCUT2D eigenvalue weighted by atomic mass is 16.5. The van der Waals surface area contributed by atoms with Crippen LogP contribution in [0, 0.1) is 56.7 Å². The first-order valence-electron chi connectivity index (χ1n) is 48.6. The van der Waals surface area contributed by atoms with Crippen molar-refractivity contribution < 1.29 is 52.3 Å². The van der Waals surface area contributed by atoms with Gasteiger partial charge in [-0.15, -0.1) is 0 Å². The van der Waals surface area contributed by atoms with Crippen LogP contribution in [0.1, 0.15) is 125 Å². The first-order chi connectivity index (χ1) is 69.6. The molecule has 4 aliphatic heterocycles. The van der Waals surface area contributed by atoms with E-state index in [4.69, 9.17) is 33.2 Å². The summed E-state index contributed by atoms with van der Waals surface area (Å²) in [4.78, 5) is 54.4. The monoisotopic (exact) mass is 1920 g/mol. The summed E-state index contributed by atoms with van der Waals surface area (Å²) in [5.41, 5.74) is 27.1. The largest absolute Gasteiger partial charge is 0.497 e. The fraction of sp³-hybridized carbons (Fsp3) is 0.307. The van der Waals surface area contributed by atoms with Crippen LogP contribution in [-0.4, -0.2) is 148 Å². The van der Waals surface area contributed by atoms with Gasteiger partial charge in [-0.2, -0.15) is 26.3 Å². The smallest absolute Gasteiger partial charge is 0.411 e. The third-order valence-electron chi connectivity index (χ3n) is 26.4. The topological polar surface area (TPSA) is 346 Å². The van der Waals surface area contributed by atoms with E-state index in [1.807, 2.05) is 174 Å². The zero-order chi connectivity index (χ0) is 101. The van der Waals surface area contributed by atoms with Crippen LogP contribution in [0.3, 0.4) is 0 Å². The van der Waals surface area contributed by atoms with Crippen LogP contribution in [0.25, 0.3) is 111 Å². The van der Waals surface area contributed by atoms with Crippen LogP contribution in [0.2, 0.25) is 0 Å². The van der Waals surface area contributed by atoms with E-state index in [-0.39, 0.29) is 24.1 Å². The average Bonchev–Trinajstić information content (AvgIpc) is 1.62. The zero-order valence-electron chi connectivity index (χ0n) is 83.7. The molecule has 0 bridgehead atoms. The minimum absolute atomic E-state index is 0.0455. The molecule has 29 nitrogen and oxygen atoms in total. The molecule has 0 aliphatic carbocycles. The molecule has 0 saturated carbocycles. The van der Waals surface area contributed by atoms with Gasteiger partial charge in [-0.25, -0.2) is 19.2 Å². The number of ether oxygens (including phenoxy) is 7. The first kappa shape index (κ1) is 101. The zero-order valence-corrected chi connectivity index (χ0v) is 83.7. The van der Waals surface area contributed by atoms with Crippen LogP contribution in [0.4, 0.5) is 47.6 Å². The fourth-order valence-corrected chi connectivity index (χ4v) is 19.8. The number of amides is 7. The van der Waals surface area contributed by atoms with Gasteiger partial charge >= 0.3 is 24.2 Å². The summed E-state index contributed by atoms with van der Waals surface area (Å²) in [6.45, 7) is 26.9. The van der Waals surface area contributed by atoms with Gasteiger partial charge in [-0.05, 0) is 258 Å². The molecule has 0 saturated heterocycles. The number of nitriles is 5. The summed E-state index contributed by atoms with van der Waals surface area (Å²) in [7, 11) is 9.87. The molecule has 15 aromatic rings. The number of anilines is 5. The Bertz CT molecular complexity index is 7570. The number of nitrogens with one attached hydrogen (secondary N) is 5. The minimum Gasteiger partial charge on any atom is -0.497 e. The Balaban J connectivity index is 0.000000135. The second-order valence-corrected chi connectivity index (χ2v) is 35.0. The Morgan fingerprint density at radius 2 is 0.706 bits per heavy atom. The van der Waals surface area contributed by atoms with Gasteiger partial charge < -0.3 is 77.3 Å². The van der Waals surface area contributed by atoms with Gasteiger partial charge in [-0.1, -0.05) is 50.2 Å². The van der Waals surface area contributed by atoms with Crippen molar-refractivity contribution in [1.29, 1.82) is 26.3 Å². The van der Waals surface area contributed by atoms with E-state index < -0.39 is 6.09 Å². The number of aromatic nitrogens is 5. The lowest BCUT2D eigenvalue weighted by molar-refractivity contribution is 0.161. The lowest BCUT2D eigenvalue weighted by atomic mass is 10.0. The normalized spacial score (nSPS) is 12.3. The predicted octanol–water partition coefficient (Wildman–Crippen LogP) is 22.7. The van der Waals surface area contributed by atoms with E-state index in [1.54, 1.807) is 69.5 Å². The molecule has 19 rings (SSSR count). The Morgan fingerprint density at radius 1 is 0.371 bits per heavy atom. The van der Waals surface area contributed by atoms with E-state index >= 15 is 0 Å². The third kappa shape index (κ3) is 20.3. The van der Waals surface area contributed by atoms with Crippen molar-refractivity contribution in [2.45, 2.75) is 140 Å². The highest BCUT2D eigenvalue weighted by molar-refractivity contribution is 6.03. The second kappa shape index (κ2) is 45.4. The van der Waals surface area contributed by atoms with Crippen molar-refractivity contribution in [3.05, 3.63) is 238 Å². The van der Waals surface area contributed by atoms with Crippen LogP contribution < -0.4 is 65.0 Å². The first-order valence-corrected chi connectivity index (χ1v) is 48.6. The third-order valence-corrected chi connectivity index (χ3v) is 26.4. The highest BCUT2D eigenvalue weighted by Gasteiger charge is 2.33. The van der Waals surface area contributed by atoms with Gasteiger partial charge in [0.2, 0.25) is 0 Å². The Hall–Kier alpha value is -16.8. The minimum atomic E-state index is -0.483. The molecule has 5 N–H and O–H groups in total. The number of carbonyl (C=O) groups is 4. The van der Waals surface area contributed by atoms with Crippen LogP contribution in [-0.2, 0) is 67.9 Å². The predicted molar refractivity (Wildman–Crippen MR) is 565 cm³/mol. The molecular weight excluding hydrogens is 1800 g/mol. The highest BCUT2D eigenvalue weighted by Crippen LogP contribution is 2.46. The number of hydrogen-bond donors (Lipinski definition) is 5. The second-order valence-electron chi connectivity index (χ2n) is 35.0. The summed E-state index contributed by atoms with van der Waals surface area (Å²) in [6, 6.07) is 73.2. The number of urea groups is 3. The number of benzene rings is 10. The van der Waals surface area contributed by atoms with Gasteiger partial charge in [0.05, 0.1) is 133 Å². The maximum atomic E-state index is 12.5. The molecule has 0 atom stereocenters. The maximum Gasteiger partial charge on any atom is 0.411 e. The quantitative estimate of drug-likeness (QED) is 0.0375. The van der Waals surface area contributed by atoms with Crippen molar-refractivity contribution in [3.63, 3.8) is 0 Å². The van der Waals surface area contributed by atoms with Crippen molar-refractivity contribution in [1.82, 2.24) is 38.8 Å². The van der Waals surface area contributed by atoms with Gasteiger partial charge in [-0.3, -0.25) is 20.0 Å². The van der Waals surface area contributed by atoms with E-state index in [1.165, 1.54) is 11.3 Å². The molecular formula is C114H120N18O11. The lowest BCUT2D eigenvalue weighted by Gasteiger charge is -2.20. The number of carbonyl (C=O) groups excluding carboxylic acids is 4. The van der Waals surface area contributed by atoms with Crippen molar-refractivity contribution >= 4 is 107 Å². The molecule has 143 heavy (non-hydrogen) atoms. The molecule has 0 spiro atoms. The number of methoxy groups -OCH3 is 6. The SMILES string of the molecule is CCCNC(=O)N1CCc2cc(-c3c(C#N)c4ccc(OC)cc4n3CC)ccc21.CCCOC(=O)Nc1ccc(-c2c(C#N)c3ccc(OC)cc3n2CCOC)cc1.CCNC(=O)N1CCc2cc(-c3c(C#N)c4ccc(OC)cc4n3CC)ccc21.CCn1c(-c2ccc3c(c2)CCN3)c(C#N)c2ccc(OC)cc21.CCn1c(-c2ccc3c(c2)CCN3C(=O)NC(C)C)c(C#N)c2ccc(OC)cc21. The number of nitrogens with zero attached hydrogens (tertiary/aromatic N) is 13. The summed E-state index contributed by atoms with van der Waals surface area (Å²) in [5, 5.41) is 69.0. The molecule has 0 unspecified atom stereocenters. The van der Waals surface area contributed by atoms with E-state index in [2.05, 4.69) is 144 Å². The average molecular weight is 1920 g/mol. The van der Waals surface area contributed by atoms with Crippen molar-refractivity contribution in [3.8, 4) is 115 Å². The number of aryl methyl sites for hydroxylation is 4. The molecule has 732 valence electrons. The van der Waals surface area contributed by atoms with Gasteiger partial charge in [0.15, 0.2) is 0 Å². The molecule has 9 heterocycles. The molecule has 4 aliphatic rings. The molecule has 10 aromatic carbocycles. The summed E-state index contributed by atoms with van der Waals surface area (Å²) >= 11 is 0. The summed E-state index contributed by atoms with van der Waals surface area (Å²) in [5.74, 6) is 3.84. The molecule has 0 radical (unpaired) electrons. The van der Waals surface area contributed by atoms with Crippen LogP contribution in [0.5, 0.6) is 28.7 Å².